The molecule has 1 aliphatic rings. The Morgan fingerprint density at radius 2 is 1.86 bits per heavy atom. The van der Waals surface area contributed by atoms with E-state index in [1.807, 2.05) is 30.5 Å². The highest BCUT2D eigenvalue weighted by Crippen LogP contribution is 2.41. The molecule has 1 unspecified atom stereocenters. The minimum absolute atomic E-state index is 0.216. The number of nitrogens with zero attached hydrogens (tertiary/aromatic N) is 1. The van der Waals surface area contributed by atoms with E-state index in [1.54, 1.807) is 6.20 Å². The van der Waals surface area contributed by atoms with Crippen LogP contribution in [0.5, 0.6) is 0 Å². The first-order valence-corrected chi connectivity index (χ1v) is 7.41. The van der Waals surface area contributed by atoms with E-state index in [-0.39, 0.29) is 11.9 Å². The Labute approximate surface area is 130 Å². The van der Waals surface area contributed by atoms with Crippen LogP contribution in [0, 0.1) is 5.82 Å². The predicted octanol–water partition coefficient (Wildman–Crippen LogP) is 4.57. The monoisotopic (exact) mass is 294 g/mol. The van der Waals surface area contributed by atoms with Gasteiger partial charge >= 0.3 is 0 Å². The zero-order chi connectivity index (χ0) is 15.5. The van der Waals surface area contributed by atoms with Gasteiger partial charge in [-0.3, -0.25) is 0 Å². The molecule has 2 aromatic rings. The van der Waals surface area contributed by atoms with Crippen LogP contribution in [0.4, 0.5) is 4.39 Å². The summed E-state index contributed by atoms with van der Waals surface area (Å²) in [7, 11) is 0. The Morgan fingerprint density at radius 3 is 2.55 bits per heavy atom. The smallest absolute Gasteiger partial charge is 0.123 e. The van der Waals surface area contributed by atoms with Gasteiger partial charge in [0.2, 0.25) is 0 Å². The van der Waals surface area contributed by atoms with Crippen LogP contribution >= 0.6 is 0 Å². The van der Waals surface area contributed by atoms with E-state index in [2.05, 4.69) is 23.6 Å². The van der Waals surface area contributed by atoms with Crippen molar-refractivity contribution in [1.82, 2.24) is 4.90 Å². The molecular weight excluding hydrogens is 275 g/mol. The predicted molar refractivity (Wildman–Crippen MR) is 88.1 cm³/mol. The molecule has 0 aromatic heterocycles. The van der Waals surface area contributed by atoms with Crippen molar-refractivity contribution in [2.75, 3.05) is 0 Å². The van der Waals surface area contributed by atoms with E-state index in [1.165, 1.54) is 17.7 Å². The Bertz CT molecular complexity index is 704. The fraction of sp³-hybridized carbons (Fsp3) is 0.158. The molecule has 22 heavy (non-hydrogen) atoms. The van der Waals surface area contributed by atoms with Gasteiger partial charge in [0, 0.05) is 11.9 Å². The first kappa shape index (κ1) is 14.4. The molecule has 112 valence electrons. The normalized spacial score (nSPS) is 19.6. The maximum atomic E-state index is 13.2. The third kappa shape index (κ3) is 2.50. The minimum Gasteiger partial charge on any atom is -0.403 e. The van der Waals surface area contributed by atoms with Gasteiger partial charge in [-0.1, -0.05) is 43.0 Å². The molecule has 2 nitrogen and oxygen atoms in total. The van der Waals surface area contributed by atoms with Crippen molar-refractivity contribution < 1.29 is 4.39 Å². The quantitative estimate of drug-likeness (QED) is 0.898. The molecule has 1 atom stereocenters. The maximum Gasteiger partial charge on any atom is 0.123 e. The molecule has 0 aliphatic carbocycles. The summed E-state index contributed by atoms with van der Waals surface area (Å²) >= 11 is 0. The van der Waals surface area contributed by atoms with Crippen LogP contribution in [0.1, 0.15) is 24.4 Å². The largest absolute Gasteiger partial charge is 0.403 e. The van der Waals surface area contributed by atoms with Gasteiger partial charge in [-0.25, -0.2) is 4.39 Å². The number of hydrogen-bond donors (Lipinski definition) is 1. The molecule has 1 heterocycles. The van der Waals surface area contributed by atoms with Crippen molar-refractivity contribution in [1.29, 1.82) is 0 Å². The van der Waals surface area contributed by atoms with Crippen molar-refractivity contribution in [3.05, 3.63) is 84.6 Å². The van der Waals surface area contributed by atoms with Crippen molar-refractivity contribution in [2.24, 2.45) is 5.73 Å². The number of halogens is 1. The van der Waals surface area contributed by atoms with Crippen LogP contribution < -0.4 is 5.73 Å². The fourth-order valence-electron chi connectivity index (χ4n) is 3.15. The SMILES string of the molecule is C=CN1/C(=C\N)CCC1c1ccccc1-c1ccc(F)cc1. The standard InChI is InChI=1S/C19H19FN2/c1-2-22-16(13-21)11-12-19(22)18-6-4-3-5-17(18)14-7-9-15(20)10-8-14/h2-10,13,19H,1,11-12,21H2/b16-13-. The first-order valence-electron chi connectivity index (χ1n) is 7.41. The Kier molecular flexibility index (Phi) is 3.96. The second-order valence-electron chi connectivity index (χ2n) is 5.40. The number of nitrogens with two attached hydrogens (primary N) is 1. The summed E-state index contributed by atoms with van der Waals surface area (Å²) in [4.78, 5) is 2.13. The zero-order valence-electron chi connectivity index (χ0n) is 12.4. The number of likely N-dealkylation sites (tertiary alicyclic amines) is 1. The minimum atomic E-state index is -0.219. The highest BCUT2D eigenvalue weighted by molar-refractivity contribution is 5.68. The van der Waals surface area contributed by atoms with Gasteiger partial charge in [-0.2, -0.15) is 0 Å². The maximum absolute atomic E-state index is 13.2. The third-order valence-electron chi connectivity index (χ3n) is 4.21. The molecule has 2 N–H and O–H groups in total. The van der Waals surface area contributed by atoms with E-state index in [0.29, 0.717) is 0 Å². The lowest BCUT2D eigenvalue weighted by Crippen LogP contribution is -2.16. The lowest BCUT2D eigenvalue weighted by Gasteiger charge is -2.26. The molecule has 2 aromatic carbocycles. The van der Waals surface area contributed by atoms with Crippen molar-refractivity contribution in [3.8, 4) is 11.1 Å². The summed E-state index contributed by atoms with van der Waals surface area (Å²) in [5.41, 5.74) is 10.2. The summed E-state index contributed by atoms with van der Waals surface area (Å²) in [5.74, 6) is -0.219. The van der Waals surface area contributed by atoms with Crippen LogP contribution in [0.3, 0.4) is 0 Å². The fourth-order valence-corrected chi connectivity index (χ4v) is 3.15. The lowest BCUT2D eigenvalue weighted by molar-refractivity contribution is 0.403. The molecule has 1 saturated heterocycles. The Balaban J connectivity index is 2.05. The summed E-state index contributed by atoms with van der Waals surface area (Å²) < 4.78 is 13.2. The highest BCUT2D eigenvalue weighted by atomic mass is 19.1. The van der Waals surface area contributed by atoms with Crippen LogP contribution in [0.2, 0.25) is 0 Å². The molecule has 3 heteroatoms. The first-order chi connectivity index (χ1) is 10.7. The number of benzene rings is 2. The van der Waals surface area contributed by atoms with Gasteiger partial charge in [0.15, 0.2) is 0 Å². The summed E-state index contributed by atoms with van der Waals surface area (Å²) in [6.07, 6.45) is 5.41. The summed E-state index contributed by atoms with van der Waals surface area (Å²) in [6.45, 7) is 3.91. The Morgan fingerprint density at radius 1 is 1.14 bits per heavy atom. The van der Waals surface area contributed by atoms with Crippen molar-refractivity contribution in [3.63, 3.8) is 0 Å². The van der Waals surface area contributed by atoms with Crippen molar-refractivity contribution in [2.45, 2.75) is 18.9 Å². The topological polar surface area (TPSA) is 29.3 Å². The molecular formula is C19H19FN2. The number of rotatable bonds is 3. The molecule has 0 spiro atoms. The van der Waals surface area contributed by atoms with Gasteiger partial charge in [0.1, 0.15) is 5.82 Å². The van der Waals surface area contributed by atoms with E-state index < -0.39 is 0 Å². The molecule has 0 saturated carbocycles. The van der Waals surface area contributed by atoms with E-state index in [0.717, 1.165) is 29.7 Å². The van der Waals surface area contributed by atoms with E-state index in [9.17, 15) is 4.39 Å². The van der Waals surface area contributed by atoms with Crippen LogP contribution in [0.15, 0.2) is 73.2 Å². The summed E-state index contributed by atoms with van der Waals surface area (Å²) in [5, 5.41) is 0. The zero-order valence-corrected chi connectivity index (χ0v) is 12.4. The third-order valence-corrected chi connectivity index (χ3v) is 4.21. The average Bonchev–Trinajstić information content (AvgIpc) is 2.98. The van der Waals surface area contributed by atoms with Gasteiger partial charge in [0.25, 0.3) is 0 Å². The highest BCUT2D eigenvalue weighted by Gasteiger charge is 2.28. The van der Waals surface area contributed by atoms with E-state index in [4.69, 9.17) is 5.73 Å². The van der Waals surface area contributed by atoms with Gasteiger partial charge in [-0.15, -0.1) is 0 Å². The van der Waals surface area contributed by atoms with Crippen LogP contribution in [0.25, 0.3) is 11.1 Å². The van der Waals surface area contributed by atoms with Crippen LogP contribution in [-0.4, -0.2) is 4.90 Å². The lowest BCUT2D eigenvalue weighted by atomic mass is 9.93. The number of hydrogen-bond acceptors (Lipinski definition) is 2. The molecule has 0 amide bonds. The molecule has 1 fully saturated rings. The molecule has 0 bridgehead atoms. The second-order valence-corrected chi connectivity index (χ2v) is 5.40. The molecule has 3 rings (SSSR count). The van der Waals surface area contributed by atoms with Gasteiger partial charge in [0.05, 0.1) is 6.04 Å². The van der Waals surface area contributed by atoms with Gasteiger partial charge < -0.3 is 10.6 Å². The van der Waals surface area contributed by atoms with Crippen LogP contribution in [-0.2, 0) is 0 Å². The average molecular weight is 294 g/mol. The summed E-state index contributed by atoms with van der Waals surface area (Å²) in [6, 6.07) is 15.1. The number of allylic oxidation sites excluding steroid dienone is 1. The van der Waals surface area contributed by atoms with Gasteiger partial charge in [-0.05, 0) is 47.9 Å². The molecule has 0 radical (unpaired) electrons. The van der Waals surface area contributed by atoms with Crippen molar-refractivity contribution >= 4 is 0 Å². The molecule has 1 aliphatic heterocycles. The second kappa shape index (κ2) is 6.06. The Hall–Kier alpha value is -2.55. The van der Waals surface area contributed by atoms with E-state index >= 15 is 0 Å².